The Morgan fingerprint density at radius 3 is 2.50 bits per heavy atom. The van der Waals surface area contributed by atoms with Gasteiger partial charge < -0.3 is 5.11 Å². The van der Waals surface area contributed by atoms with Crippen molar-refractivity contribution in [1.29, 1.82) is 5.26 Å². The summed E-state index contributed by atoms with van der Waals surface area (Å²) < 4.78 is 0. The van der Waals surface area contributed by atoms with Gasteiger partial charge in [-0.05, 0) is 23.8 Å². The van der Waals surface area contributed by atoms with Gasteiger partial charge in [-0.1, -0.05) is 35.9 Å². The van der Waals surface area contributed by atoms with Gasteiger partial charge in [0.25, 0.3) is 0 Å². The first-order valence-corrected chi connectivity index (χ1v) is 5.08. The van der Waals surface area contributed by atoms with E-state index >= 15 is 0 Å². The molecule has 2 aromatic rings. The van der Waals surface area contributed by atoms with E-state index in [9.17, 15) is 5.11 Å². The normalized spacial score (nSPS) is 9.75. The molecule has 16 heavy (non-hydrogen) atoms. The monoisotopic (exact) mass is 229 g/mol. The van der Waals surface area contributed by atoms with Gasteiger partial charge in [-0.15, -0.1) is 0 Å². The van der Waals surface area contributed by atoms with Crippen LogP contribution < -0.4 is 0 Å². The number of rotatable bonds is 1. The average Bonchev–Trinajstić information content (AvgIpc) is 2.29. The lowest BCUT2D eigenvalue weighted by Gasteiger charge is -2.05. The number of phenolic OH excluding ortho intramolecular Hbond substituents is 1. The highest BCUT2D eigenvalue weighted by Crippen LogP contribution is 2.30. The van der Waals surface area contributed by atoms with E-state index in [0.29, 0.717) is 5.02 Å². The van der Waals surface area contributed by atoms with E-state index in [2.05, 4.69) is 0 Å². The first kappa shape index (κ1) is 10.5. The maximum Gasteiger partial charge on any atom is 0.133 e. The zero-order chi connectivity index (χ0) is 11.5. The fourth-order valence-corrected chi connectivity index (χ4v) is 1.73. The number of nitriles is 1. The minimum Gasteiger partial charge on any atom is -0.507 e. The fourth-order valence-electron chi connectivity index (χ4n) is 1.49. The van der Waals surface area contributed by atoms with E-state index in [1.54, 1.807) is 24.3 Å². The molecule has 3 heteroatoms. The van der Waals surface area contributed by atoms with E-state index in [4.69, 9.17) is 16.9 Å². The number of halogens is 1. The molecule has 0 saturated carbocycles. The number of hydrogen-bond donors (Lipinski definition) is 1. The fraction of sp³-hybridized carbons (Fsp3) is 0. The van der Waals surface area contributed by atoms with Crippen molar-refractivity contribution in [2.75, 3.05) is 0 Å². The molecular formula is C13H8ClNO. The second-order valence-electron chi connectivity index (χ2n) is 3.32. The molecule has 0 spiro atoms. The van der Waals surface area contributed by atoms with Crippen LogP contribution in [0.4, 0.5) is 0 Å². The minimum atomic E-state index is -0.0279. The lowest BCUT2D eigenvalue weighted by molar-refractivity contribution is 0.474. The Kier molecular flexibility index (Phi) is 2.80. The molecule has 0 amide bonds. The Hall–Kier alpha value is -1.98. The third-order valence-corrected chi connectivity index (χ3v) is 2.63. The van der Waals surface area contributed by atoms with Crippen LogP contribution in [0.3, 0.4) is 0 Å². The first-order chi connectivity index (χ1) is 7.72. The third-order valence-electron chi connectivity index (χ3n) is 2.30. The average molecular weight is 230 g/mol. The van der Waals surface area contributed by atoms with Gasteiger partial charge in [0, 0.05) is 10.6 Å². The predicted molar refractivity (Wildman–Crippen MR) is 63.3 cm³/mol. The summed E-state index contributed by atoms with van der Waals surface area (Å²) in [5.74, 6) is -0.0279. The van der Waals surface area contributed by atoms with E-state index in [1.807, 2.05) is 24.3 Å². The summed E-state index contributed by atoms with van der Waals surface area (Å²) in [5, 5.41) is 18.9. The highest BCUT2D eigenvalue weighted by Gasteiger charge is 2.06. The van der Waals surface area contributed by atoms with E-state index < -0.39 is 0 Å². The summed E-state index contributed by atoms with van der Waals surface area (Å²) in [7, 11) is 0. The molecule has 0 bridgehead atoms. The Morgan fingerprint density at radius 2 is 1.88 bits per heavy atom. The Labute approximate surface area is 98.3 Å². The standard InChI is InChI=1S/C13H8ClNO/c14-12-4-2-1-3-11(12)9-5-6-10(8-15)13(16)7-9/h1-7,16H. The molecule has 0 atom stereocenters. The van der Waals surface area contributed by atoms with Crippen molar-refractivity contribution in [3.05, 3.63) is 53.1 Å². The molecule has 0 radical (unpaired) electrons. The Balaban J connectivity index is 2.55. The molecule has 2 aromatic carbocycles. The number of hydrogen-bond acceptors (Lipinski definition) is 2. The van der Waals surface area contributed by atoms with Gasteiger partial charge in [0.05, 0.1) is 5.56 Å². The molecule has 0 aliphatic rings. The third kappa shape index (κ3) is 1.86. The molecule has 0 heterocycles. The molecule has 0 aromatic heterocycles. The highest BCUT2D eigenvalue weighted by molar-refractivity contribution is 6.33. The van der Waals surface area contributed by atoms with Crippen LogP contribution in [0.5, 0.6) is 5.75 Å². The van der Waals surface area contributed by atoms with Crippen LogP contribution in [0.1, 0.15) is 5.56 Å². The van der Waals surface area contributed by atoms with Crippen LogP contribution in [0.2, 0.25) is 5.02 Å². The summed E-state index contributed by atoms with van der Waals surface area (Å²) in [6, 6.07) is 14.1. The van der Waals surface area contributed by atoms with Gasteiger partial charge in [0.15, 0.2) is 0 Å². The minimum absolute atomic E-state index is 0.0279. The van der Waals surface area contributed by atoms with Gasteiger partial charge in [-0.2, -0.15) is 5.26 Å². The van der Waals surface area contributed by atoms with Crippen molar-refractivity contribution in [3.63, 3.8) is 0 Å². The van der Waals surface area contributed by atoms with Crippen LogP contribution in [-0.4, -0.2) is 5.11 Å². The quantitative estimate of drug-likeness (QED) is 0.812. The predicted octanol–water partition coefficient (Wildman–Crippen LogP) is 3.58. The smallest absolute Gasteiger partial charge is 0.133 e. The summed E-state index contributed by atoms with van der Waals surface area (Å²) >= 11 is 6.04. The molecular weight excluding hydrogens is 222 g/mol. The van der Waals surface area contributed by atoms with E-state index in [1.165, 1.54) is 0 Å². The zero-order valence-corrected chi connectivity index (χ0v) is 9.07. The van der Waals surface area contributed by atoms with E-state index in [-0.39, 0.29) is 11.3 Å². The lowest BCUT2D eigenvalue weighted by atomic mass is 10.0. The summed E-state index contributed by atoms with van der Waals surface area (Å²) in [6.45, 7) is 0. The van der Waals surface area contributed by atoms with Crippen molar-refractivity contribution >= 4 is 11.6 Å². The largest absolute Gasteiger partial charge is 0.507 e. The van der Waals surface area contributed by atoms with E-state index in [0.717, 1.165) is 11.1 Å². The SMILES string of the molecule is N#Cc1ccc(-c2ccccc2Cl)cc1O. The van der Waals surface area contributed by atoms with Crippen molar-refractivity contribution < 1.29 is 5.11 Å². The molecule has 2 nitrogen and oxygen atoms in total. The highest BCUT2D eigenvalue weighted by atomic mass is 35.5. The van der Waals surface area contributed by atoms with Crippen LogP contribution in [0.25, 0.3) is 11.1 Å². The molecule has 0 saturated heterocycles. The van der Waals surface area contributed by atoms with Crippen LogP contribution >= 0.6 is 11.6 Å². The molecule has 0 unspecified atom stereocenters. The molecule has 2 rings (SSSR count). The number of nitrogens with zero attached hydrogens (tertiary/aromatic N) is 1. The molecule has 0 fully saturated rings. The van der Waals surface area contributed by atoms with Crippen molar-refractivity contribution in [2.24, 2.45) is 0 Å². The van der Waals surface area contributed by atoms with Gasteiger partial charge in [-0.3, -0.25) is 0 Å². The van der Waals surface area contributed by atoms with Crippen molar-refractivity contribution in [3.8, 4) is 22.9 Å². The molecule has 0 aliphatic heterocycles. The number of phenols is 1. The van der Waals surface area contributed by atoms with Gasteiger partial charge in [0.1, 0.15) is 11.8 Å². The maximum atomic E-state index is 9.58. The zero-order valence-electron chi connectivity index (χ0n) is 8.31. The van der Waals surface area contributed by atoms with Crippen LogP contribution in [-0.2, 0) is 0 Å². The summed E-state index contributed by atoms with van der Waals surface area (Å²) in [5.41, 5.74) is 1.89. The number of benzene rings is 2. The Bertz CT molecular complexity index is 572. The summed E-state index contributed by atoms with van der Waals surface area (Å²) in [6.07, 6.45) is 0. The van der Waals surface area contributed by atoms with Gasteiger partial charge in [0.2, 0.25) is 0 Å². The maximum absolute atomic E-state index is 9.58. The van der Waals surface area contributed by atoms with Gasteiger partial charge in [-0.25, -0.2) is 0 Å². The second-order valence-corrected chi connectivity index (χ2v) is 3.73. The topological polar surface area (TPSA) is 44.0 Å². The summed E-state index contributed by atoms with van der Waals surface area (Å²) in [4.78, 5) is 0. The first-order valence-electron chi connectivity index (χ1n) is 4.70. The van der Waals surface area contributed by atoms with Crippen LogP contribution in [0, 0.1) is 11.3 Å². The second kappa shape index (κ2) is 4.26. The molecule has 78 valence electrons. The van der Waals surface area contributed by atoms with Crippen LogP contribution in [0.15, 0.2) is 42.5 Å². The molecule has 0 aliphatic carbocycles. The van der Waals surface area contributed by atoms with Crippen molar-refractivity contribution in [2.45, 2.75) is 0 Å². The number of aromatic hydroxyl groups is 1. The molecule has 1 N–H and O–H groups in total. The van der Waals surface area contributed by atoms with Gasteiger partial charge >= 0.3 is 0 Å². The lowest BCUT2D eigenvalue weighted by Crippen LogP contribution is -1.81. The van der Waals surface area contributed by atoms with Crippen molar-refractivity contribution in [1.82, 2.24) is 0 Å². The Morgan fingerprint density at radius 1 is 1.12 bits per heavy atom.